The van der Waals surface area contributed by atoms with Gasteiger partial charge in [-0.2, -0.15) is 0 Å². The molecule has 0 saturated heterocycles. The molecule has 0 aliphatic carbocycles. The molecule has 0 bridgehead atoms. The standard InChI is InChI=1S/C21H28N4O3.HI/c1-25(2)18(15-6-4-7-17(12-15)26-3)14-23-21(22)24-16-8-9-19-20(13-16)28-11-5-10-27-19;/h4,6-9,12-13,18H,5,10-11,14H2,1-3H3,(H3,22,23,24);1H. The Morgan fingerprint density at radius 2 is 1.93 bits per heavy atom. The molecular weight excluding hydrogens is 483 g/mol. The van der Waals surface area contributed by atoms with E-state index >= 15 is 0 Å². The quantitative estimate of drug-likeness (QED) is 0.351. The molecule has 29 heavy (non-hydrogen) atoms. The van der Waals surface area contributed by atoms with Crippen LogP contribution in [0.4, 0.5) is 5.69 Å². The lowest BCUT2D eigenvalue weighted by molar-refractivity contribution is 0.297. The van der Waals surface area contributed by atoms with Crippen LogP contribution in [-0.4, -0.2) is 51.8 Å². The normalized spacial score (nSPS) is 14.6. The predicted molar refractivity (Wildman–Crippen MR) is 127 cm³/mol. The third-order valence-electron chi connectivity index (χ3n) is 4.56. The first-order valence-corrected chi connectivity index (χ1v) is 9.34. The molecule has 0 fully saturated rings. The predicted octanol–water partition coefficient (Wildman–Crippen LogP) is 3.50. The molecule has 1 atom stereocenters. The van der Waals surface area contributed by atoms with Gasteiger partial charge in [0.1, 0.15) is 5.75 Å². The second-order valence-corrected chi connectivity index (χ2v) is 6.82. The number of rotatable bonds is 6. The molecule has 1 heterocycles. The van der Waals surface area contributed by atoms with Crippen molar-refractivity contribution in [3.8, 4) is 17.2 Å². The summed E-state index contributed by atoms with van der Waals surface area (Å²) in [6.07, 6.45) is 0.872. The number of ether oxygens (including phenoxy) is 3. The number of halogens is 1. The van der Waals surface area contributed by atoms with Gasteiger partial charge >= 0.3 is 0 Å². The second kappa shape index (κ2) is 11.1. The third kappa shape index (κ3) is 6.40. The van der Waals surface area contributed by atoms with Crippen LogP contribution < -0.4 is 25.3 Å². The Balaban J connectivity index is 0.00000300. The maximum atomic E-state index is 6.12. The molecule has 0 amide bonds. The average molecular weight is 512 g/mol. The van der Waals surface area contributed by atoms with Crippen LogP contribution in [0, 0.1) is 0 Å². The van der Waals surface area contributed by atoms with Gasteiger partial charge in [-0.05, 0) is 43.9 Å². The van der Waals surface area contributed by atoms with Crippen LogP contribution in [-0.2, 0) is 0 Å². The highest BCUT2D eigenvalue weighted by molar-refractivity contribution is 14.0. The number of benzene rings is 2. The van der Waals surface area contributed by atoms with E-state index in [4.69, 9.17) is 19.9 Å². The molecule has 2 aromatic carbocycles. The van der Waals surface area contributed by atoms with Gasteiger partial charge in [0.25, 0.3) is 0 Å². The van der Waals surface area contributed by atoms with Crippen molar-refractivity contribution in [2.75, 3.05) is 46.3 Å². The summed E-state index contributed by atoms with van der Waals surface area (Å²) in [6, 6.07) is 13.8. The smallest absolute Gasteiger partial charge is 0.193 e. The fraction of sp³-hybridized carbons (Fsp3) is 0.381. The molecule has 1 aliphatic rings. The molecule has 0 aromatic heterocycles. The number of anilines is 1. The average Bonchev–Trinajstić information content (AvgIpc) is 2.93. The second-order valence-electron chi connectivity index (χ2n) is 6.82. The number of aliphatic imine (C=N–C) groups is 1. The molecule has 2 aromatic rings. The fourth-order valence-corrected chi connectivity index (χ4v) is 3.03. The summed E-state index contributed by atoms with van der Waals surface area (Å²) in [4.78, 5) is 6.64. The SMILES string of the molecule is COc1cccc(C(CN=C(N)Nc2ccc3c(c2)OCCCO3)N(C)C)c1.I. The minimum Gasteiger partial charge on any atom is -0.497 e. The maximum absolute atomic E-state index is 6.12. The Labute approximate surface area is 189 Å². The molecule has 3 rings (SSSR count). The van der Waals surface area contributed by atoms with Crippen molar-refractivity contribution in [2.24, 2.45) is 10.7 Å². The van der Waals surface area contributed by atoms with Gasteiger partial charge in [-0.15, -0.1) is 24.0 Å². The molecule has 8 heteroatoms. The first-order valence-electron chi connectivity index (χ1n) is 9.34. The zero-order chi connectivity index (χ0) is 19.9. The fourth-order valence-electron chi connectivity index (χ4n) is 3.03. The van der Waals surface area contributed by atoms with Crippen LogP contribution in [0.25, 0.3) is 0 Å². The van der Waals surface area contributed by atoms with E-state index in [0.29, 0.717) is 25.7 Å². The number of hydrogen-bond acceptors (Lipinski definition) is 5. The molecule has 158 valence electrons. The maximum Gasteiger partial charge on any atom is 0.193 e. The highest BCUT2D eigenvalue weighted by atomic mass is 127. The van der Waals surface area contributed by atoms with Crippen molar-refractivity contribution in [2.45, 2.75) is 12.5 Å². The lowest BCUT2D eigenvalue weighted by atomic mass is 10.1. The summed E-state index contributed by atoms with van der Waals surface area (Å²) < 4.78 is 16.7. The van der Waals surface area contributed by atoms with E-state index in [-0.39, 0.29) is 30.0 Å². The summed E-state index contributed by atoms with van der Waals surface area (Å²) in [5.41, 5.74) is 8.05. The number of hydrogen-bond donors (Lipinski definition) is 2. The molecular formula is C21H29IN4O3. The Morgan fingerprint density at radius 1 is 1.17 bits per heavy atom. The van der Waals surface area contributed by atoms with Gasteiger partial charge < -0.3 is 30.2 Å². The number of nitrogens with zero attached hydrogens (tertiary/aromatic N) is 2. The minimum absolute atomic E-state index is 0. The van der Waals surface area contributed by atoms with Crippen molar-refractivity contribution in [1.29, 1.82) is 0 Å². The first kappa shape index (κ1) is 23.1. The summed E-state index contributed by atoms with van der Waals surface area (Å²) in [5.74, 6) is 2.65. The third-order valence-corrected chi connectivity index (χ3v) is 4.56. The van der Waals surface area contributed by atoms with Gasteiger partial charge in [0.2, 0.25) is 0 Å². The number of fused-ring (bicyclic) bond motifs is 1. The van der Waals surface area contributed by atoms with Crippen molar-refractivity contribution in [1.82, 2.24) is 4.90 Å². The Morgan fingerprint density at radius 3 is 2.66 bits per heavy atom. The summed E-state index contributed by atoms with van der Waals surface area (Å²) in [5, 5.41) is 3.13. The zero-order valence-corrected chi connectivity index (χ0v) is 19.4. The van der Waals surface area contributed by atoms with E-state index in [1.54, 1.807) is 7.11 Å². The van der Waals surface area contributed by atoms with Crippen LogP contribution in [0.2, 0.25) is 0 Å². The number of guanidine groups is 1. The van der Waals surface area contributed by atoms with E-state index < -0.39 is 0 Å². The monoisotopic (exact) mass is 512 g/mol. The van der Waals surface area contributed by atoms with E-state index in [9.17, 15) is 0 Å². The number of nitrogens with one attached hydrogen (secondary N) is 1. The van der Waals surface area contributed by atoms with E-state index in [2.05, 4.69) is 21.3 Å². The van der Waals surface area contributed by atoms with Gasteiger partial charge in [0, 0.05) is 18.2 Å². The van der Waals surface area contributed by atoms with Crippen molar-refractivity contribution < 1.29 is 14.2 Å². The van der Waals surface area contributed by atoms with E-state index in [1.807, 2.05) is 50.5 Å². The number of methoxy groups -OCH3 is 1. The molecule has 0 spiro atoms. The van der Waals surface area contributed by atoms with Gasteiger partial charge in [-0.1, -0.05) is 12.1 Å². The molecule has 7 nitrogen and oxygen atoms in total. The lowest BCUT2D eigenvalue weighted by Gasteiger charge is -2.23. The topological polar surface area (TPSA) is 81.3 Å². The molecule has 0 radical (unpaired) electrons. The highest BCUT2D eigenvalue weighted by Gasteiger charge is 2.15. The summed E-state index contributed by atoms with van der Waals surface area (Å²) in [6.45, 7) is 1.83. The number of likely N-dealkylation sites (N-methyl/N-ethyl adjacent to an activating group) is 1. The first-order chi connectivity index (χ1) is 13.6. The minimum atomic E-state index is 0. The summed E-state index contributed by atoms with van der Waals surface area (Å²) >= 11 is 0. The Bertz CT molecular complexity index is 829. The van der Waals surface area contributed by atoms with Crippen molar-refractivity contribution in [3.63, 3.8) is 0 Å². The van der Waals surface area contributed by atoms with Crippen LogP contribution in [0.15, 0.2) is 47.5 Å². The van der Waals surface area contributed by atoms with Gasteiger partial charge in [-0.25, -0.2) is 0 Å². The zero-order valence-electron chi connectivity index (χ0n) is 17.1. The molecule has 3 N–H and O–H groups in total. The van der Waals surface area contributed by atoms with E-state index in [0.717, 1.165) is 34.9 Å². The Kier molecular flexibility index (Phi) is 8.84. The van der Waals surface area contributed by atoms with Gasteiger partial charge in [0.05, 0.1) is 32.9 Å². The van der Waals surface area contributed by atoms with Crippen molar-refractivity contribution >= 4 is 35.6 Å². The molecule has 1 aliphatic heterocycles. The molecule has 1 unspecified atom stereocenters. The Hall–Kier alpha value is -2.20. The van der Waals surface area contributed by atoms with Gasteiger partial charge in [-0.3, -0.25) is 4.99 Å². The van der Waals surface area contributed by atoms with Crippen LogP contribution in [0.5, 0.6) is 17.2 Å². The van der Waals surface area contributed by atoms with Crippen LogP contribution >= 0.6 is 24.0 Å². The van der Waals surface area contributed by atoms with Crippen LogP contribution in [0.3, 0.4) is 0 Å². The van der Waals surface area contributed by atoms with E-state index in [1.165, 1.54) is 0 Å². The largest absolute Gasteiger partial charge is 0.497 e. The van der Waals surface area contributed by atoms with Gasteiger partial charge in [0.15, 0.2) is 17.5 Å². The van der Waals surface area contributed by atoms with Crippen molar-refractivity contribution in [3.05, 3.63) is 48.0 Å². The highest BCUT2D eigenvalue weighted by Crippen LogP contribution is 2.32. The van der Waals surface area contributed by atoms with Crippen LogP contribution in [0.1, 0.15) is 18.0 Å². The number of nitrogens with two attached hydrogens (primary N) is 1. The molecule has 0 saturated carbocycles. The summed E-state index contributed by atoms with van der Waals surface area (Å²) in [7, 11) is 5.71. The lowest BCUT2D eigenvalue weighted by Crippen LogP contribution is -2.27.